The zero-order chi connectivity index (χ0) is 21.8. The maximum atomic E-state index is 8.95. The van der Waals surface area contributed by atoms with E-state index < -0.39 is 0 Å². The quantitative estimate of drug-likeness (QED) is 0.601. The molecule has 1 saturated heterocycles. The molecule has 1 aliphatic heterocycles. The molecule has 0 amide bonds. The number of aromatic nitrogens is 1. The Bertz CT molecular complexity index is 376. The van der Waals surface area contributed by atoms with Crippen molar-refractivity contribution in [3.63, 3.8) is 0 Å². The zero-order valence-electron chi connectivity index (χ0n) is 18.9. The van der Waals surface area contributed by atoms with Gasteiger partial charge in [-0.2, -0.15) is 11.8 Å². The molecular formula is C20H44N4O2S. The minimum Gasteiger partial charge on any atom is -0.506 e. The molecule has 7 heteroatoms. The number of anilines is 1. The Morgan fingerprint density at radius 1 is 1.15 bits per heavy atom. The largest absolute Gasteiger partial charge is 0.506 e. The lowest BCUT2D eigenvalue weighted by Gasteiger charge is -2.10. The van der Waals surface area contributed by atoms with Gasteiger partial charge in [-0.05, 0) is 36.1 Å². The first-order chi connectivity index (χ1) is 12.7. The topological polar surface area (TPSA) is 94.6 Å². The molecule has 1 fully saturated rings. The Hall–Kier alpha value is -1.02. The summed E-state index contributed by atoms with van der Waals surface area (Å²) in [7, 11) is 1.87. The molecule has 1 aromatic heterocycles. The maximum Gasteiger partial charge on any atom is 0.134 e. The SMILES string of the molecule is CC.CC.CC(C)SC(C)C.CNN1CC[C@@H](O)C1.Nc1ccc(O)cn1. The van der Waals surface area contributed by atoms with Gasteiger partial charge in [0.05, 0.1) is 12.3 Å². The van der Waals surface area contributed by atoms with Crippen LogP contribution in [-0.4, -0.2) is 56.9 Å². The first-order valence-corrected chi connectivity index (χ1v) is 10.8. The summed E-state index contributed by atoms with van der Waals surface area (Å²) in [6.45, 7) is 18.7. The maximum absolute atomic E-state index is 8.95. The Morgan fingerprint density at radius 2 is 1.67 bits per heavy atom. The van der Waals surface area contributed by atoms with Crippen molar-refractivity contribution in [1.29, 1.82) is 0 Å². The number of hydrazine groups is 1. The van der Waals surface area contributed by atoms with Crippen LogP contribution in [-0.2, 0) is 0 Å². The first-order valence-electron chi connectivity index (χ1n) is 9.91. The third-order valence-electron chi connectivity index (χ3n) is 2.79. The molecular weight excluding hydrogens is 360 g/mol. The summed E-state index contributed by atoms with van der Waals surface area (Å²) in [5.41, 5.74) is 8.17. The molecule has 2 heterocycles. The number of β-amino-alcohol motifs (C(OH)–C–C–N with tert-alkyl or cyclic N) is 1. The molecule has 27 heavy (non-hydrogen) atoms. The molecule has 1 atom stereocenters. The summed E-state index contributed by atoms with van der Waals surface area (Å²) in [6, 6.07) is 3.03. The lowest BCUT2D eigenvalue weighted by atomic mass is 10.3. The van der Waals surface area contributed by atoms with E-state index in [4.69, 9.17) is 15.9 Å². The number of hydrogen-bond donors (Lipinski definition) is 4. The Labute approximate surface area is 171 Å². The Morgan fingerprint density at radius 3 is 1.85 bits per heavy atom. The first kappa shape index (κ1) is 30.7. The molecule has 162 valence electrons. The second kappa shape index (κ2) is 21.3. The van der Waals surface area contributed by atoms with Gasteiger partial charge < -0.3 is 15.9 Å². The molecule has 1 aliphatic rings. The number of thioether (sulfide) groups is 1. The van der Waals surface area contributed by atoms with Gasteiger partial charge in [-0.25, -0.2) is 9.99 Å². The number of nitrogens with zero attached hydrogens (tertiary/aromatic N) is 2. The van der Waals surface area contributed by atoms with Gasteiger partial charge in [-0.1, -0.05) is 55.4 Å². The number of aliphatic hydroxyl groups is 1. The van der Waals surface area contributed by atoms with Crippen molar-refractivity contribution < 1.29 is 10.2 Å². The van der Waals surface area contributed by atoms with Crippen molar-refractivity contribution >= 4 is 17.6 Å². The number of hydrogen-bond acceptors (Lipinski definition) is 7. The van der Waals surface area contributed by atoms with Crippen LogP contribution in [0.3, 0.4) is 0 Å². The average molecular weight is 405 g/mol. The van der Waals surface area contributed by atoms with Crippen LogP contribution in [0.2, 0.25) is 0 Å². The van der Waals surface area contributed by atoms with Crippen LogP contribution >= 0.6 is 11.8 Å². The van der Waals surface area contributed by atoms with E-state index in [1.165, 1.54) is 18.3 Å². The molecule has 1 aromatic rings. The highest BCUT2D eigenvalue weighted by molar-refractivity contribution is 8.00. The standard InChI is InChI=1S/C6H14S.C5H12N2O.C5H6N2O.2C2H6/c1-5(2)7-6(3)4;1-6-7-3-2-5(8)4-7;6-5-2-1-4(8)3-7-5;2*1-2/h5-6H,1-4H3;5-6,8H,2-4H2,1H3;1-3,8H,(H2,6,7);2*1-2H3/t;5-;;;/m.1.../s1. The van der Waals surface area contributed by atoms with Crippen LogP contribution in [0.15, 0.2) is 18.3 Å². The summed E-state index contributed by atoms with van der Waals surface area (Å²) in [5, 5.41) is 21.2. The predicted octanol–water partition coefficient (Wildman–Crippen LogP) is 4.15. The number of rotatable bonds is 3. The van der Waals surface area contributed by atoms with Gasteiger partial charge in [0.15, 0.2) is 0 Å². The molecule has 2 rings (SSSR count). The van der Waals surface area contributed by atoms with Crippen molar-refractivity contribution in [1.82, 2.24) is 15.4 Å². The fourth-order valence-corrected chi connectivity index (χ4v) is 2.98. The van der Waals surface area contributed by atoms with Gasteiger partial charge in [0.1, 0.15) is 11.6 Å². The van der Waals surface area contributed by atoms with E-state index in [1.807, 2.05) is 51.5 Å². The van der Waals surface area contributed by atoms with E-state index in [2.05, 4.69) is 38.1 Å². The molecule has 5 N–H and O–H groups in total. The number of nitrogens with one attached hydrogen (secondary N) is 1. The smallest absolute Gasteiger partial charge is 0.134 e. The average Bonchev–Trinajstić information content (AvgIpc) is 3.06. The second-order valence-corrected chi connectivity index (χ2v) is 7.94. The van der Waals surface area contributed by atoms with E-state index in [0.717, 1.165) is 30.0 Å². The van der Waals surface area contributed by atoms with Crippen molar-refractivity contribution in [2.45, 2.75) is 78.4 Å². The molecule has 0 aromatic carbocycles. The number of pyridine rings is 1. The predicted molar refractivity (Wildman–Crippen MR) is 122 cm³/mol. The summed E-state index contributed by atoms with van der Waals surface area (Å²) in [5.74, 6) is 0.557. The lowest BCUT2D eigenvalue weighted by molar-refractivity contribution is 0.162. The number of nitrogen functional groups attached to an aromatic ring is 1. The van der Waals surface area contributed by atoms with Crippen molar-refractivity contribution in [3.8, 4) is 5.75 Å². The minimum absolute atomic E-state index is 0.109. The Balaban J connectivity index is -0.000000293. The highest BCUT2D eigenvalue weighted by Gasteiger charge is 2.17. The summed E-state index contributed by atoms with van der Waals surface area (Å²) >= 11 is 2.01. The second-order valence-electron chi connectivity index (χ2n) is 5.79. The number of aromatic hydroxyl groups is 1. The van der Waals surface area contributed by atoms with Gasteiger partial charge in [0, 0.05) is 13.1 Å². The summed E-state index contributed by atoms with van der Waals surface area (Å²) < 4.78 is 0. The molecule has 0 bridgehead atoms. The van der Waals surface area contributed by atoms with Gasteiger partial charge in [-0.15, -0.1) is 0 Å². The van der Waals surface area contributed by atoms with Gasteiger partial charge in [0.25, 0.3) is 0 Å². The molecule has 6 nitrogen and oxygen atoms in total. The molecule has 0 radical (unpaired) electrons. The highest BCUT2D eigenvalue weighted by atomic mass is 32.2. The van der Waals surface area contributed by atoms with E-state index in [1.54, 1.807) is 0 Å². The third-order valence-corrected chi connectivity index (χ3v) is 3.88. The fourth-order valence-electron chi connectivity index (χ4n) is 1.89. The number of aliphatic hydroxyl groups excluding tert-OH is 1. The van der Waals surface area contributed by atoms with E-state index in [9.17, 15) is 0 Å². The van der Waals surface area contributed by atoms with E-state index >= 15 is 0 Å². The number of nitrogens with two attached hydrogens (primary N) is 1. The van der Waals surface area contributed by atoms with Crippen LogP contribution < -0.4 is 11.2 Å². The summed E-state index contributed by atoms with van der Waals surface area (Å²) in [4.78, 5) is 3.61. The Kier molecular flexibility index (Phi) is 24.2. The van der Waals surface area contributed by atoms with Gasteiger partial charge >= 0.3 is 0 Å². The normalized spacial score (nSPS) is 15.3. The van der Waals surface area contributed by atoms with E-state index in [-0.39, 0.29) is 11.9 Å². The fraction of sp³-hybridized carbons (Fsp3) is 0.750. The summed E-state index contributed by atoms with van der Waals surface area (Å²) in [6.07, 6.45) is 2.10. The minimum atomic E-state index is -0.109. The zero-order valence-corrected chi connectivity index (χ0v) is 19.7. The monoisotopic (exact) mass is 404 g/mol. The highest BCUT2D eigenvalue weighted by Crippen LogP contribution is 2.14. The van der Waals surface area contributed by atoms with Crippen LogP contribution in [0, 0.1) is 0 Å². The third kappa shape index (κ3) is 22.9. The molecule has 0 spiro atoms. The van der Waals surface area contributed by atoms with Crippen LogP contribution in [0.4, 0.5) is 5.82 Å². The van der Waals surface area contributed by atoms with Gasteiger partial charge in [0.2, 0.25) is 0 Å². The van der Waals surface area contributed by atoms with Crippen LogP contribution in [0.1, 0.15) is 61.8 Å². The van der Waals surface area contributed by atoms with Crippen LogP contribution in [0.5, 0.6) is 5.75 Å². The van der Waals surface area contributed by atoms with Crippen molar-refractivity contribution in [2.75, 3.05) is 25.9 Å². The molecule has 0 saturated carbocycles. The molecule has 0 unspecified atom stereocenters. The molecule has 0 aliphatic carbocycles. The van der Waals surface area contributed by atoms with E-state index in [0.29, 0.717) is 5.82 Å². The van der Waals surface area contributed by atoms with Crippen LogP contribution in [0.25, 0.3) is 0 Å². The lowest BCUT2D eigenvalue weighted by Crippen LogP contribution is -2.33. The van der Waals surface area contributed by atoms with Crippen molar-refractivity contribution in [2.24, 2.45) is 0 Å². The van der Waals surface area contributed by atoms with Crippen molar-refractivity contribution in [3.05, 3.63) is 18.3 Å². The van der Waals surface area contributed by atoms with Gasteiger partial charge in [-0.3, -0.25) is 5.43 Å².